The molecular weight excluding hydrogens is 414 g/mol. The average molecular weight is 439 g/mol. The first-order valence-electron chi connectivity index (χ1n) is 9.87. The van der Waals surface area contributed by atoms with Gasteiger partial charge in [-0.15, -0.1) is 0 Å². The third-order valence-electron chi connectivity index (χ3n) is 4.47. The van der Waals surface area contributed by atoms with Crippen LogP contribution < -0.4 is 10.3 Å². The Hall–Kier alpha value is -3.88. The lowest BCUT2D eigenvalue weighted by atomic mass is 10.2. The summed E-state index contributed by atoms with van der Waals surface area (Å²) in [5.41, 5.74) is -0.107. The van der Waals surface area contributed by atoms with Gasteiger partial charge in [0.1, 0.15) is 22.6 Å². The monoisotopic (exact) mass is 439 g/mol. The van der Waals surface area contributed by atoms with Crippen LogP contribution >= 0.6 is 0 Å². The minimum atomic E-state index is -0.794. The third kappa shape index (κ3) is 5.05. The Balaban J connectivity index is 2.08. The zero-order chi connectivity index (χ0) is 23.5. The van der Waals surface area contributed by atoms with Crippen molar-refractivity contribution in [3.05, 3.63) is 70.1 Å². The van der Waals surface area contributed by atoms with E-state index in [1.807, 2.05) is 0 Å². The maximum absolute atomic E-state index is 12.9. The predicted molar refractivity (Wildman–Crippen MR) is 117 cm³/mol. The molecule has 1 aromatic carbocycles. The molecule has 0 fully saturated rings. The summed E-state index contributed by atoms with van der Waals surface area (Å²) in [5.74, 6) is -0.120. The normalized spacial score (nSPS) is 11.2. The second-order valence-electron chi connectivity index (χ2n) is 7.99. The Morgan fingerprint density at radius 2 is 1.75 bits per heavy atom. The van der Waals surface area contributed by atoms with E-state index in [1.54, 1.807) is 64.3 Å². The summed E-state index contributed by atoms with van der Waals surface area (Å²) in [6, 6.07) is 11.7. The SMILES string of the molecule is COC(=O)c1cc(-c2cccn2C(=O)OC(C)(C)C)nn(Cc2ccc(OC)cc2)c1=O. The molecule has 2 aromatic heterocycles. The van der Waals surface area contributed by atoms with Crippen molar-refractivity contribution in [3.63, 3.8) is 0 Å². The number of rotatable bonds is 5. The molecule has 168 valence electrons. The van der Waals surface area contributed by atoms with Crippen LogP contribution in [0.15, 0.2) is 53.5 Å². The fourth-order valence-corrected chi connectivity index (χ4v) is 2.99. The van der Waals surface area contributed by atoms with Gasteiger partial charge >= 0.3 is 12.1 Å². The predicted octanol–water partition coefficient (Wildman–Crippen LogP) is 3.34. The third-order valence-corrected chi connectivity index (χ3v) is 4.47. The van der Waals surface area contributed by atoms with Crippen LogP contribution in [0.5, 0.6) is 5.75 Å². The number of carbonyl (C=O) groups excluding carboxylic acids is 2. The molecule has 2 heterocycles. The maximum Gasteiger partial charge on any atom is 0.419 e. The van der Waals surface area contributed by atoms with Gasteiger partial charge < -0.3 is 14.2 Å². The number of benzene rings is 1. The average Bonchev–Trinajstić information content (AvgIpc) is 3.24. The quantitative estimate of drug-likeness (QED) is 0.562. The van der Waals surface area contributed by atoms with Crippen LogP contribution in [0.1, 0.15) is 36.7 Å². The number of aromatic nitrogens is 3. The van der Waals surface area contributed by atoms with E-state index in [4.69, 9.17) is 14.2 Å². The lowest BCUT2D eigenvalue weighted by Crippen LogP contribution is -2.31. The van der Waals surface area contributed by atoms with Crippen LogP contribution in [0.4, 0.5) is 4.79 Å². The van der Waals surface area contributed by atoms with Crippen molar-refractivity contribution in [2.75, 3.05) is 14.2 Å². The standard InChI is InChI=1S/C23H25N3O6/c1-23(2,3)32-22(29)25-12-6-7-19(25)18-13-17(21(28)31-5)20(27)26(24-18)14-15-8-10-16(30-4)11-9-15/h6-13H,14H2,1-5H3. The molecule has 0 amide bonds. The van der Waals surface area contributed by atoms with Crippen molar-refractivity contribution >= 4 is 12.1 Å². The van der Waals surface area contributed by atoms with E-state index >= 15 is 0 Å². The minimum Gasteiger partial charge on any atom is -0.497 e. The summed E-state index contributed by atoms with van der Waals surface area (Å²) in [6.07, 6.45) is 0.925. The van der Waals surface area contributed by atoms with E-state index in [9.17, 15) is 14.4 Å². The van der Waals surface area contributed by atoms with Gasteiger partial charge in [-0.2, -0.15) is 5.10 Å². The topological polar surface area (TPSA) is 102 Å². The Morgan fingerprint density at radius 3 is 2.34 bits per heavy atom. The molecule has 9 nitrogen and oxygen atoms in total. The Morgan fingerprint density at radius 1 is 1.06 bits per heavy atom. The van der Waals surface area contributed by atoms with Crippen LogP contribution in [-0.2, 0) is 16.0 Å². The van der Waals surface area contributed by atoms with Crippen LogP contribution in [0.2, 0.25) is 0 Å². The molecule has 0 saturated heterocycles. The van der Waals surface area contributed by atoms with E-state index in [0.29, 0.717) is 11.4 Å². The van der Waals surface area contributed by atoms with Crippen LogP contribution in [0.3, 0.4) is 0 Å². The van der Waals surface area contributed by atoms with E-state index in [0.717, 1.165) is 10.2 Å². The van der Waals surface area contributed by atoms with Crippen molar-refractivity contribution in [1.82, 2.24) is 14.3 Å². The lowest BCUT2D eigenvalue weighted by Gasteiger charge is -2.20. The second kappa shape index (κ2) is 9.09. The molecule has 32 heavy (non-hydrogen) atoms. The summed E-state index contributed by atoms with van der Waals surface area (Å²) in [7, 11) is 2.76. The molecule has 0 aliphatic rings. The Kier molecular flexibility index (Phi) is 6.47. The molecule has 0 unspecified atom stereocenters. The molecule has 0 spiro atoms. The van der Waals surface area contributed by atoms with E-state index < -0.39 is 23.2 Å². The van der Waals surface area contributed by atoms with Gasteiger partial charge in [0, 0.05) is 6.20 Å². The lowest BCUT2D eigenvalue weighted by molar-refractivity contribution is 0.0539. The van der Waals surface area contributed by atoms with Crippen molar-refractivity contribution in [1.29, 1.82) is 0 Å². The smallest absolute Gasteiger partial charge is 0.419 e. The van der Waals surface area contributed by atoms with Crippen LogP contribution in [0.25, 0.3) is 11.4 Å². The van der Waals surface area contributed by atoms with Gasteiger partial charge in [-0.1, -0.05) is 12.1 Å². The maximum atomic E-state index is 12.9. The highest BCUT2D eigenvalue weighted by atomic mass is 16.6. The number of esters is 1. The molecule has 3 rings (SSSR count). The van der Waals surface area contributed by atoms with E-state index in [2.05, 4.69) is 5.10 Å². The first-order chi connectivity index (χ1) is 15.1. The second-order valence-corrected chi connectivity index (χ2v) is 7.99. The fourth-order valence-electron chi connectivity index (χ4n) is 2.99. The van der Waals surface area contributed by atoms with Crippen LogP contribution in [-0.4, -0.2) is 46.2 Å². The Labute approximate surface area is 185 Å². The summed E-state index contributed by atoms with van der Waals surface area (Å²) in [6.45, 7) is 5.39. The number of hydrogen-bond donors (Lipinski definition) is 0. The first kappa shape index (κ1) is 22.8. The van der Waals surface area contributed by atoms with E-state index in [1.165, 1.54) is 23.9 Å². The molecule has 9 heteroatoms. The molecule has 0 aliphatic carbocycles. The van der Waals surface area contributed by atoms with Gasteiger partial charge in [-0.3, -0.25) is 9.36 Å². The molecule has 0 saturated carbocycles. The zero-order valence-electron chi connectivity index (χ0n) is 18.6. The van der Waals surface area contributed by atoms with Crippen molar-refractivity contribution in [2.45, 2.75) is 32.9 Å². The van der Waals surface area contributed by atoms with Gasteiger partial charge in [0.05, 0.1) is 26.5 Å². The highest BCUT2D eigenvalue weighted by molar-refractivity contribution is 5.90. The molecule has 0 aliphatic heterocycles. The minimum absolute atomic E-state index is 0.105. The van der Waals surface area contributed by atoms with Gasteiger partial charge in [-0.25, -0.2) is 14.3 Å². The Bertz CT molecular complexity index is 1190. The highest BCUT2D eigenvalue weighted by Crippen LogP contribution is 2.21. The summed E-state index contributed by atoms with van der Waals surface area (Å²) in [5, 5.41) is 4.41. The summed E-state index contributed by atoms with van der Waals surface area (Å²) >= 11 is 0. The number of ether oxygens (including phenoxy) is 3. The van der Waals surface area contributed by atoms with Gasteiger partial charge in [-0.05, 0) is 56.7 Å². The molecule has 0 bridgehead atoms. The van der Waals surface area contributed by atoms with Gasteiger partial charge in [0.15, 0.2) is 0 Å². The number of methoxy groups -OCH3 is 2. The number of hydrogen-bond acceptors (Lipinski definition) is 7. The van der Waals surface area contributed by atoms with Gasteiger partial charge in [0.2, 0.25) is 0 Å². The van der Waals surface area contributed by atoms with Crippen molar-refractivity contribution in [3.8, 4) is 17.1 Å². The summed E-state index contributed by atoms with van der Waals surface area (Å²) < 4.78 is 17.8. The molecule has 0 atom stereocenters. The summed E-state index contributed by atoms with van der Waals surface area (Å²) in [4.78, 5) is 37.8. The van der Waals surface area contributed by atoms with Gasteiger partial charge in [0.25, 0.3) is 5.56 Å². The molecular formula is C23H25N3O6. The largest absolute Gasteiger partial charge is 0.497 e. The van der Waals surface area contributed by atoms with Crippen molar-refractivity contribution in [2.24, 2.45) is 0 Å². The van der Waals surface area contributed by atoms with E-state index in [-0.39, 0.29) is 17.8 Å². The first-order valence-corrected chi connectivity index (χ1v) is 9.87. The number of carbonyl (C=O) groups is 2. The molecule has 3 aromatic rings. The highest BCUT2D eigenvalue weighted by Gasteiger charge is 2.23. The molecule has 0 radical (unpaired) electrons. The zero-order valence-corrected chi connectivity index (χ0v) is 18.6. The number of nitrogens with zero attached hydrogens (tertiary/aromatic N) is 3. The fraction of sp³-hybridized carbons (Fsp3) is 0.304. The van der Waals surface area contributed by atoms with Crippen LogP contribution in [0, 0.1) is 0 Å². The molecule has 0 N–H and O–H groups in total. The van der Waals surface area contributed by atoms with Crippen molar-refractivity contribution < 1.29 is 23.8 Å².